The zero-order chi connectivity index (χ0) is 23.3. The smallest absolute Gasteiger partial charge is 0.301 e. The van der Waals surface area contributed by atoms with Gasteiger partial charge in [0.05, 0.1) is 11.6 Å². The third-order valence-electron chi connectivity index (χ3n) is 6.04. The van der Waals surface area contributed by atoms with Crippen molar-refractivity contribution in [1.29, 1.82) is 0 Å². The van der Waals surface area contributed by atoms with Crippen LogP contribution in [0, 0.1) is 6.92 Å². The second-order valence-electron chi connectivity index (χ2n) is 8.32. The summed E-state index contributed by atoms with van der Waals surface area (Å²) < 4.78 is 5.75. The van der Waals surface area contributed by atoms with Gasteiger partial charge in [-0.05, 0) is 55.2 Å². The fraction of sp³-hybridized carbons (Fsp3) is 0.280. The van der Waals surface area contributed by atoms with E-state index in [1.54, 1.807) is 19.1 Å². The number of aromatic nitrogens is 2. The number of ketones is 1. The van der Waals surface area contributed by atoms with Gasteiger partial charge in [-0.2, -0.15) is 0 Å². The summed E-state index contributed by atoms with van der Waals surface area (Å²) in [6.07, 6.45) is 1.64. The van der Waals surface area contributed by atoms with Crippen LogP contribution in [0.25, 0.3) is 5.76 Å². The number of aliphatic hydroxyl groups is 1. The van der Waals surface area contributed by atoms with Crippen LogP contribution in [0.1, 0.15) is 47.2 Å². The molecule has 1 saturated heterocycles. The van der Waals surface area contributed by atoms with Gasteiger partial charge in [-0.1, -0.05) is 42.5 Å². The van der Waals surface area contributed by atoms with Crippen molar-refractivity contribution in [2.24, 2.45) is 0 Å². The van der Waals surface area contributed by atoms with E-state index < -0.39 is 17.7 Å². The van der Waals surface area contributed by atoms with Gasteiger partial charge in [0.2, 0.25) is 5.13 Å². The number of amides is 1. The Balaban J connectivity index is 1.67. The molecule has 2 aromatic carbocycles. The highest BCUT2D eigenvalue weighted by atomic mass is 32.1. The van der Waals surface area contributed by atoms with Crippen molar-refractivity contribution in [3.05, 3.63) is 75.3 Å². The van der Waals surface area contributed by atoms with E-state index in [9.17, 15) is 14.7 Å². The van der Waals surface area contributed by atoms with Gasteiger partial charge in [0.25, 0.3) is 5.78 Å². The lowest BCUT2D eigenvalue weighted by molar-refractivity contribution is -0.132. The number of nitrogens with zero attached hydrogens (tertiary/aromatic N) is 3. The Labute approximate surface area is 195 Å². The number of carbonyl (C=O) groups excluding carboxylic acids is 2. The zero-order valence-electron chi connectivity index (χ0n) is 18.5. The van der Waals surface area contributed by atoms with E-state index in [0.717, 1.165) is 35.3 Å². The van der Waals surface area contributed by atoms with Crippen molar-refractivity contribution in [3.63, 3.8) is 0 Å². The van der Waals surface area contributed by atoms with Gasteiger partial charge in [0.1, 0.15) is 22.6 Å². The van der Waals surface area contributed by atoms with Crippen molar-refractivity contribution in [1.82, 2.24) is 10.2 Å². The van der Waals surface area contributed by atoms with Gasteiger partial charge in [-0.25, -0.2) is 0 Å². The molecule has 33 heavy (non-hydrogen) atoms. The number of Topliss-reactive ketones (excluding diaryl/α,β-unsaturated/α-hetero) is 1. The van der Waals surface area contributed by atoms with Crippen LogP contribution in [-0.4, -0.2) is 33.1 Å². The van der Waals surface area contributed by atoms with Crippen molar-refractivity contribution < 1.29 is 19.4 Å². The van der Waals surface area contributed by atoms with Crippen molar-refractivity contribution >= 4 is 33.9 Å². The Hall–Kier alpha value is -3.52. The quantitative estimate of drug-likeness (QED) is 0.353. The first-order valence-electron chi connectivity index (χ1n) is 10.9. The summed E-state index contributed by atoms with van der Waals surface area (Å²) in [5.41, 5.74) is 3.34. The average Bonchev–Trinajstić information content (AvgIpc) is 3.48. The average molecular weight is 462 g/mol. The topological polar surface area (TPSA) is 92.6 Å². The lowest BCUT2D eigenvalue weighted by atomic mass is 9.94. The fourth-order valence-corrected chi connectivity index (χ4v) is 5.10. The molecule has 7 nitrogen and oxygen atoms in total. The van der Waals surface area contributed by atoms with E-state index in [1.165, 1.54) is 16.2 Å². The summed E-state index contributed by atoms with van der Waals surface area (Å²) in [5, 5.41) is 20.5. The molecule has 2 aliphatic heterocycles. The Kier molecular flexibility index (Phi) is 5.25. The van der Waals surface area contributed by atoms with E-state index in [2.05, 4.69) is 17.1 Å². The van der Waals surface area contributed by atoms with Gasteiger partial charge in [-0.15, -0.1) is 10.2 Å². The number of rotatable bonds is 4. The molecule has 1 amide bonds. The van der Waals surface area contributed by atoms with Crippen LogP contribution in [0.4, 0.5) is 5.13 Å². The zero-order valence-corrected chi connectivity index (χ0v) is 19.3. The van der Waals surface area contributed by atoms with Gasteiger partial charge in [-0.3, -0.25) is 14.5 Å². The molecule has 3 aromatic rings. The van der Waals surface area contributed by atoms with Gasteiger partial charge < -0.3 is 9.84 Å². The second-order valence-corrected chi connectivity index (χ2v) is 9.48. The summed E-state index contributed by atoms with van der Waals surface area (Å²) in [6, 6.07) is 12.3. The first kappa shape index (κ1) is 21.3. The largest absolute Gasteiger partial charge is 0.507 e. The Bertz CT molecular complexity index is 1300. The first-order valence-corrected chi connectivity index (χ1v) is 11.7. The van der Waals surface area contributed by atoms with Crippen LogP contribution in [-0.2, 0) is 22.4 Å². The number of aliphatic hydroxyl groups excluding tert-OH is 1. The standard InChI is InChI=1S/C25H23N3O4S/c1-4-15-5-7-16(8-6-15)21-20(23(30)24(31)28(21)25-27-26-14(3)33-25)22(29)17-9-10-19-18(12-17)11-13(2)32-19/h5-10,12-13,21,29H,4,11H2,1-3H3. The van der Waals surface area contributed by atoms with E-state index in [0.29, 0.717) is 15.7 Å². The number of carbonyl (C=O) groups is 2. The molecule has 0 bridgehead atoms. The maximum absolute atomic E-state index is 13.2. The molecule has 0 radical (unpaired) electrons. The maximum atomic E-state index is 13.2. The minimum atomic E-state index is -0.799. The summed E-state index contributed by atoms with van der Waals surface area (Å²) in [7, 11) is 0. The SMILES string of the molecule is CCc1ccc(C2C(=C(O)c3ccc4c(c3)CC(C)O4)C(=O)C(=O)N2c2nnc(C)s2)cc1. The molecule has 168 valence electrons. The number of hydrogen-bond acceptors (Lipinski definition) is 7. The summed E-state index contributed by atoms with van der Waals surface area (Å²) >= 11 is 1.23. The van der Waals surface area contributed by atoms with Crippen LogP contribution in [0.3, 0.4) is 0 Å². The monoisotopic (exact) mass is 461 g/mol. The Morgan fingerprint density at radius 1 is 1.18 bits per heavy atom. The Morgan fingerprint density at radius 3 is 2.61 bits per heavy atom. The highest BCUT2D eigenvalue weighted by Crippen LogP contribution is 2.43. The molecule has 0 aliphatic carbocycles. The maximum Gasteiger partial charge on any atom is 0.301 e. The van der Waals surface area contributed by atoms with Crippen LogP contribution >= 0.6 is 11.3 Å². The number of hydrogen-bond donors (Lipinski definition) is 1. The lowest BCUT2D eigenvalue weighted by Gasteiger charge is -2.22. The third kappa shape index (κ3) is 3.60. The molecular weight excluding hydrogens is 438 g/mol. The van der Waals surface area contributed by atoms with Crippen LogP contribution in [0.15, 0.2) is 48.0 Å². The van der Waals surface area contributed by atoms with E-state index in [1.807, 2.05) is 37.3 Å². The molecular formula is C25H23N3O4S. The van der Waals surface area contributed by atoms with Crippen molar-refractivity contribution in [3.8, 4) is 5.75 Å². The van der Waals surface area contributed by atoms with Crippen molar-refractivity contribution in [2.75, 3.05) is 4.90 Å². The molecule has 1 fully saturated rings. The number of anilines is 1. The second kappa shape index (κ2) is 8.12. The first-order chi connectivity index (χ1) is 15.9. The molecule has 2 unspecified atom stereocenters. The molecule has 2 aliphatic rings. The van der Waals surface area contributed by atoms with Crippen LogP contribution in [0.5, 0.6) is 5.75 Å². The minimum Gasteiger partial charge on any atom is -0.507 e. The molecule has 1 aromatic heterocycles. The fourth-order valence-electron chi connectivity index (χ4n) is 4.39. The van der Waals surface area contributed by atoms with E-state index in [4.69, 9.17) is 4.74 Å². The van der Waals surface area contributed by atoms with Gasteiger partial charge >= 0.3 is 5.91 Å². The predicted molar refractivity (Wildman–Crippen MR) is 125 cm³/mol. The van der Waals surface area contributed by atoms with Gasteiger partial charge in [0.15, 0.2) is 0 Å². The van der Waals surface area contributed by atoms with E-state index >= 15 is 0 Å². The predicted octanol–water partition coefficient (Wildman–Crippen LogP) is 4.36. The normalized spacial score (nSPS) is 21.4. The number of benzene rings is 2. The number of ether oxygens (including phenoxy) is 1. The molecule has 3 heterocycles. The number of aryl methyl sites for hydroxylation is 2. The molecule has 2 atom stereocenters. The lowest BCUT2D eigenvalue weighted by Crippen LogP contribution is -2.29. The summed E-state index contributed by atoms with van der Waals surface area (Å²) in [6.45, 7) is 5.83. The number of fused-ring (bicyclic) bond motifs is 1. The molecule has 5 rings (SSSR count). The molecule has 1 N–H and O–H groups in total. The minimum absolute atomic E-state index is 0.0454. The highest BCUT2D eigenvalue weighted by molar-refractivity contribution is 7.15. The molecule has 8 heteroatoms. The molecule has 0 spiro atoms. The molecule has 0 saturated carbocycles. The Morgan fingerprint density at radius 2 is 1.94 bits per heavy atom. The van der Waals surface area contributed by atoms with Crippen LogP contribution in [0.2, 0.25) is 0 Å². The third-order valence-corrected chi connectivity index (χ3v) is 6.88. The van der Waals surface area contributed by atoms with Gasteiger partial charge in [0, 0.05) is 12.0 Å². The summed E-state index contributed by atoms with van der Waals surface area (Å²) in [4.78, 5) is 27.7. The van der Waals surface area contributed by atoms with Crippen molar-refractivity contribution in [2.45, 2.75) is 45.8 Å². The highest BCUT2D eigenvalue weighted by Gasteiger charge is 2.48. The van der Waals surface area contributed by atoms with Crippen LogP contribution < -0.4 is 9.64 Å². The van der Waals surface area contributed by atoms with E-state index in [-0.39, 0.29) is 17.4 Å². The summed E-state index contributed by atoms with van der Waals surface area (Å²) in [5.74, 6) is -0.898.